The average Bonchev–Trinajstić information content (AvgIpc) is 2.82. The van der Waals surface area contributed by atoms with E-state index in [1.165, 1.54) is 11.3 Å². The molecule has 3 heterocycles. The number of pyridine rings is 1. The Balaban J connectivity index is 2.05. The zero-order valence-electron chi connectivity index (χ0n) is 9.83. The van der Waals surface area contributed by atoms with E-state index in [0.717, 1.165) is 16.9 Å². The Morgan fingerprint density at radius 1 is 1.33 bits per heavy atom. The maximum absolute atomic E-state index is 12.2. The van der Waals surface area contributed by atoms with Crippen LogP contribution in [0, 0.1) is 6.92 Å². The zero-order valence-corrected chi connectivity index (χ0v) is 10.6. The van der Waals surface area contributed by atoms with Crippen molar-refractivity contribution in [1.82, 2.24) is 14.5 Å². The van der Waals surface area contributed by atoms with Crippen LogP contribution in [0.2, 0.25) is 0 Å². The summed E-state index contributed by atoms with van der Waals surface area (Å²) in [4.78, 5) is 20.8. The highest BCUT2D eigenvalue weighted by molar-refractivity contribution is 7.17. The van der Waals surface area contributed by atoms with Gasteiger partial charge in [0.25, 0.3) is 5.56 Å². The number of rotatable bonds is 2. The second-order valence-corrected chi connectivity index (χ2v) is 5.00. The minimum atomic E-state index is -0.00157. The van der Waals surface area contributed by atoms with Crippen molar-refractivity contribution >= 4 is 21.6 Å². The molecule has 5 heteroatoms. The maximum Gasteiger partial charge on any atom is 0.271 e. The summed E-state index contributed by atoms with van der Waals surface area (Å²) in [6.07, 6.45) is 1.58. The first-order valence-corrected chi connectivity index (χ1v) is 6.47. The standard InChI is InChI=1S/C13H11N3OS/c1-9-3-2-4-10(15-9)7-16-8-14-11-5-6-18-12(11)13(16)17/h2-6,8H,7H2,1H3. The fourth-order valence-corrected chi connectivity index (χ4v) is 2.65. The van der Waals surface area contributed by atoms with Crippen LogP contribution in [0.1, 0.15) is 11.4 Å². The summed E-state index contributed by atoms with van der Waals surface area (Å²) in [6, 6.07) is 7.65. The van der Waals surface area contributed by atoms with Gasteiger partial charge in [-0.05, 0) is 30.5 Å². The minimum Gasteiger partial charge on any atom is -0.292 e. The predicted octanol–water partition coefficient (Wildman–Crippen LogP) is 2.21. The Kier molecular flexibility index (Phi) is 2.68. The Morgan fingerprint density at radius 3 is 3.06 bits per heavy atom. The summed E-state index contributed by atoms with van der Waals surface area (Å²) in [5.74, 6) is 0. The van der Waals surface area contributed by atoms with E-state index in [1.807, 2.05) is 36.6 Å². The lowest BCUT2D eigenvalue weighted by molar-refractivity contribution is 0.728. The smallest absolute Gasteiger partial charge is 0.271 e. The van der Waals surface area contributed by atoms with Crippen molar-refractivity contribution in [3.8, 4) is 0 Å². The van der Waals surface area contributed by atoms with E-state index in [-0.39, 0.29) is 5.56 Å². The zero-order chi connectivity index (χ0) is 12.5. The van der Waals surface area contributed by atoms with Gasteiger partial charge in [-0.2, -0.15) is 0 Å². The number of hydrogen-bond donors (Lipinski definition) is 0. The maximum atomic E-state index is 12.2. The van der Waals surface area contributed by atoms with Crippen LogP contribution in [0.5, 0.6) is 0 Å². The van der Waals surface area contributed by atoms with Gasteiger partial charge >= 0.3 is 0 Å². The first kappa shape index (κ1) is 11.1. The molecular weight excluding hydrogens is 246 g/mol. The Labute approximate surface area is 108 Å². The number of aromatic nitrogens is 3. The molecule has 0 saturated carbocycles. The van der Waals surface area contributed by atoms with Crippen LogP contribution in [-0.2, 0) is 6.54 Å². The van der Waals surface area contributed by atoms with E-state index in [0.29, 0.717) is 11.2 Å². The molecule has 0 spiro atoms. The van der Waals surface area contributed by atoms with Gasteiger partial charge in [0.1, 0.15) is 4.70 Å². The molecule has 0 aliphatic carbocycles. The van der Waals surface area contributed by atoms with Crippen LogP contribution in [0.15, 0.2) is 40.8 Å². The van der Waals surface area contributed by atoms with Crippen molar-refractivity contribution in [3.63, 3.8) is 0 Å². The fourth-order valence-electron chi connectivity index (χ4n) is 1.85. The number of hydrogen-bond acceptors (Lipinski definition) is 4. The van der Waals surface area contributed by atoms with Gasteiger partial charge in [0.15, 0.2) is 0 Å². The molecule has 0 unspecified atom stereocenters. The van der Waals surface area contributed by atoms with Crippen LogP contribution in [0.25, 0.3) is 10.2 Å². The molecule has 0 fully saturated rings. The van der Waals surface area contributed by atoms with E-state index >= 15 is 0 Å². The van der Waals surface area contributed by atoms with Gasteiger partial charge in [-0.15, -0.1) is 11.3 Å². The molecule has 0 atom stereocenters. The fraction of sp³-hybridized carbons (Fsp3) is 0.154. The first-order chi connectivity index (χ1) is 8.74. The van der Waals surface area contributed by atoms with Crippen LogP contribution in [0.3, 0.4) is 0 Å². The molecule has 3 aromatic heterocycles. The number of aryl methyl sites for hydroxylation is 1. The van der Waals surface area contributed by atoms with E-state index in [2.05, 4.69) is 9.97 Å². The lowest BCUT2D eigenvalue weighted by atomic mass is 10.3. The van der Waals surface area contributed by atoms with E-state index in [9.17, 15) is 4.79 Å². The lowest BCUT2D eigenvalue weighted by Gasteiger charge is -2.05. The van der Waals surface area contributed by atoms with Gasteiger partial charge in [0.2, 0.25) is 0 Å². The highest BCUT2D eigenvalue weighted by Gasteiger charge is 2.06. The van der Waals surface area contributed by atoms with Crippen molar-refractivity contribution < 1.29 is 0 Å². The SMILES string of the molecule is Cc1cccc(Cn2cnc3ccsc3c2=O)n1. The Hall–Kier alpha value is -2.01. The van der Waals surface area contributed by atoms with Gasteiger partial charge in [-0.25, -0.2) is 4.98 Å². The summed E-state index contributed by atoms with van der Waals surface area (Å²) in [5, 5.41) is 1.88. The highest BCUT2D eigenvalue weighted by atomic mass is 32.1. The summed E-state index contributed by atoms with van der Waals surface area (Å²) in [6.45, 7) is 2.40. The molecule has 0 aliphatic heterocycles. The number of fused-ring (bicyclic) bond motifs is 1. The second kappa shape index (κ2) is 4.34. The summed E-state index contributed by atoms with van der Waals surface area (Å²) in [7, 11) is 0. The summed E-state index contributed by atoms with van der Waals surface area (Å²) in [5.41, 5.74) is 2.58. The second-order valence-electron chi connectivity index (χ2n) is 4.08. The number of thiophene rings is 1. The highest BCUT2D eigenvalue weighted by Crippen LogP contribution is 2.13. The molecule has 4 nitrogen and oxygen atoms in total. The number of nitrogens with zero attached hydrogens (tertiary/aromatic N) is 3. The van der Waals surface area contributed by atoms with Gasteiger partial charge < -0.3 is 0 Å². The largest absolute Gasteiger partial charge is 0.292 e. The Bertz CT molecular complexity index is 760. The molecule has 0 bridgehead atoms. The van der Waals surface area contributed by atoms with Crippen molar-refractivity contribution in [3.05, 3.63) is 57.7 Å². The third-order valence-electron chi connectivity index (χ3n) is 2.71. The van der Waals surface area contributed by atoms with Gasteiger partial charge in [-0.1, -0.05) is 6.07 Å². The van der Waals surface area contributed by atoms with Crippen LogP contribution in [-0.4, -0.2) is 14.5 Å². The first-order valence-electron chi connectivity index (χ1n) is 5.59. The van der Waals surface area contributed by atoms with Crippen LogP contribution in [0.4, 0.5) is 0 Å². The normalized spacial score (nSPS) is 10.9. The summed E-state index contributed by atoms with van der Waals surface area (Å²) >= 11 is 1.43. The third-order valence-corrected chi connectivity index (χ3v) is 3.61. The quantitative estimate of drug-likeness (QED) is 0.707. The van der Waals surface area contributed by atoms with Crippen molar-refractivity contribution in [2.24, 2.45) is 0 Å². The van der Waals surface area contributed by atoms with Crippen molar-refractivity contribution in [2.45, 2.75) is 13.5 Å². The van der Waals surface area contributed by atoms with Crippen molar-refractivity contribution in [2.75, 3.05) is 0 Å². The molecule has 0 radical (unpaired) electrons. The molecule has 0 amide bonds. The molecule has 0 aliphatic rings. The van der Waals surface area contributed by atoms with E-state index in [4.69, 9.17) is 0 Å². The van der Waals surface area contributed by atoms with Crippen LogP contribution >= 0.6 is 11.3 Å². The Morgan fingerprint density at radius 2 is 2.22 bits per heavy atom. The van der Waals surface area contributed by atoms with E-state index < -0.39 is 0 Å². The molecular formula is C13H11N3OS. The van der Waals surface area contributed by atoms with Crippen LogP contribution < -0.4 is 5.56 Å². The third kappa shape index (κ3) is 1.93. The molecule has 0 saturated heterocycles. The molecule has 0 N–H and O–H groups in total. The molecule has 90 valence electrons. The lowest BCUT2D eigenvalue weighted by Crippen LogP contribution is -2.20. The van der Waals surface area contributed by atoms with Gasteiger partial charge in [-0.3, -0.25) is 14.3 Å². The summed E-state index contributed by atoms with van der Waals surface area (Å²) < 4.78 is 2.30. The average molecular weight is 257 g/mol. The topological polar surface area (TPSA) is 47.8 Å². The predicted molar refractivity (Wildman–Crippen MR) is 72.0 cm³/mol. The molecule has 3 rings (SSSR count). The van der Waals surface area contributed by atoms with Crippen molar-refractivity contribution in [1.29, 1.82) is 0 Å². The molecule has 18 heavy (non-hydrogen) atoms. The molecule has 0 aromatic carbocycles. The van der Waals surface area contributed by atoms with Gasteiger partial charge in [0, 0.05) is 5.69 Å². The molecule has 3 aromatic rings. The minimum absolute atomic E-state index is 0.00157. The monoisotopic (exact) mass is 257 g/mol. The van der Waals surface area contributed by atoms with Gasteiger partial charge in [0.05, 0.1) is 24.1 Å². The van der Waals surface area contributed by atoms with E-state index in [1.54, 1.807) is 10.9 Å².